The van der Waals surface area contributed by atoms with E-state index in [9.17, 15) is 0 Å². The quantitative estimate of drug-likeness (QED) is 0.553. The van der Waals surface area contributed by atoms with E-state index in [1.54, 1.807) is 0 Å². The summed E-state index contributed by atoms with van der Waals surface area (Å²) in [6.07, 6.45) is 8.09. The highest BCUT2D eigenvalue weighted by Gasteiger charge is 1.90. The highest BCUT2D eigenvalue weighted by atomic mass is 16.5. The SMILES string of the molecule is CCC(=COC=C(CC)CC)CC. The van der Waals surface area contributed by atoms with Crippen LogP contribution in [0.2, 0.25) is 0 Å². The van der Waals surface area contributed by atoms with Gasteiger partial charge in [0.1, 0.15) is 0 Å². The number of allylic oxidation sites excluding steroid dienone is 2. The largest absolute Gasteiger partial charge is 0.473 e. The van der Waals surface area contributed by atoms with Gasteiger partial charge in [0.25, 0.3) is 0 Å². The summed E-state index contributed by atoms with van der Waals surface area (Å²) in [6, 6.07) is 0. The summed E-state index contributed by atoms with van der Waals surface area (Å²) in [5, 5.41) is 0. The molecule has 1 heteroatoms. The van der Waals surface area contributed by atoms with Crippen LogP contribution < -0.4 is 0 Å². The molecule has 0 heterocycles. The Morgan fingerprint density at radius 2 is 1.08 bits per heavy atom. The van der Waals surface area contributed by atoms with Gasteiger partial charge >= 0.3 is 0 Å². The molecule has 0 aliphatic carbocycles. The van der Waals surface area contributed by atoms with Crippen LogP contribution in [0.3, 0.4) is 0 Å². The number of ether oxygens (including phenoxy) is 1. The fourth-order valence-corrected chi connectivity index (χ4v) is 1.06. The fourth-order valence-electron chi connectivity index (χ4n) is 1.06. The third kappa shape index (κ3) is 5.51. The summed E-state index contributed by atoms with van der Waals surface area (Å²) in [5.41, 5.74) is 2.73. The van der Waals surface area contributed by atoms with Gasteiger partial charge in [0, 0.05) is 0 Å². The molecule has 0 fully saturated rings. The van der Waals surface area contributed by atoms with Gasteiger partial charge in [-0.05, 0) is 36.8 Å². The van der Waals surface area contributed by atoms with Gasteiger partial charge in [0.05, 0.1) is 12.5 Å². The lowest BCUT2D eigenvalue weighted by molar-refractivity contribution is 0.387. The average molecular weight is 182 g/mol. The summed E-state index contributed by atoms with van der Waals surface area (Å²) in [7, 11) is 0. The van der Waals surface area contributed by atoms with E-state index < -0.39 is 0 Å². The molecule has 0 rings (SSSR count). The molecule has 0 saturated carbocycles. The van der Waals surface area contributed by atoms with Crippen molar-refractivity contribution in [2.45, 2.75) is 53.4 Å². The smallest absolute Gasteiger partial charge is 0.0893 e. The molecule has 0 amide bonds. The Morgan fingerprint density at radius 1 is 0.769 bits per heavy atom. The van der Waals surface area contributed by atoms with Crippen molar-refractivity contribution in [1.29, 1.82) is 0 Å². The molecular formula is C12H22O. The van der Waals surface area contributed by atoms with Crippen molar-refractivity contribution >= 4 is 0 Å². The predicted octanol–water partition coefficient (Wildman–Crippen LogP) is 4.41. The maximum Gasteiger partial charge on any atom is 0.0893 e. The van der Waals surface area contributed by atoms with Crippen LogP contribution in [-0.2, 0) is 4.74 Å². The third-order valence-corrected chi connectivity index (χ3v) is 2.29. The van der Waals surface area contributed by atoms with E-state index >= 15 is 0 Å². The molecule has 0 aliphatic heterocycles. The first-order chi connectivity index (χ1) is 6.28. The van der Waals surface area contributed by atoms with E-state index in [0.29, 0.717) is 0 Å². The van der Waals surface area contributed by atoms with Gasteiger partial charge in [-0.2, -0.15) is 0 Å². The van der Waals surface area contributed by atoms with Crippen LogP contribution in [0, 0.1) is 0 Å². The van der Waals surface area contributed by atoms with Gasteiger partial charge in [-0.25, -0.2) is 0 Å². The summed E-state index contributed by atoms with van der Waals surface area (Å²) >= 11 is 0. The van der Waals surface area contributed by atoms with Crippen LogP contribution in [0.15, 0.2) is 23.7 Å². The number of rotatable bonds is 6. The summed E-state index contributed by atoms with van der Waals surface area (Å²) in [5.74, 6) is 0. The van der Waals surface area contributed by atoms with Crippen LogP contribution >= 0.6 is 0 Å². The first kappa shape index (κ1) is 12.3. The molecule has 0 radical (unpaired) electrons. The zero-order valence-electron chi connectivity index (χ0n) is 9.39. The highest BCUT2D eigenvalue weighted by Crippen LogP contribution is 2.08. The molecule has 0 saturated heterocycles. The maximum absolute atomic E-state index is 5.40. The van der Waals surface area contributed by atoms with Gasteiger partial charge in [-0.15, -0.1) is 0 Å². The molecule has 0 aromatic rings. The lowest BCUT2D eigenvalue weighted by Gasteiger charge is -2.01. The zero-order chi connectivity index (χ0) is 10.1. The molecule has 0 N–H and O–H groups in total. The Hall–Kier alpha value is -0.720. The summed E-state index contributed by atoms with van der Waals surface area (Å²) in [4.78, 5) is 0. The van der Waals surface area contributed by atoms with Crippen molar-refractivity contribution < 1.29 is 4.74 Å². The van der Waals surface area contributed by atoms with Gasteiger partial charge < -0.3 is 4.74 Å². The molecule has 0 aliphatic rings. The van der Waals surface area contributed by atoms with E-state index in [1.165, 1.54) is 11.1 Å². The minimum Gasteiger partial charge on any atom is -0.473 e. The normalized spacial score (nSPS) is 9.23. The minimum absolute atomic E-state index is 1.08. The predicted molar refractivity (Wildman–Crippen MR) is 58.4 cm³/mol. The molecule has 1 nitrogen and oxygen atoms in total. The van der Waals surface area contributed by atoms with E-state index in [2.05, 4.69) is 27.7 Å². The Kier molecular flexibility index (Phi) is 7.47. The molecule has 76 valence electrons. The van der Waals surface area contributed by atoms with E-state index in [4.69, 9.17) is 4.74 Å². The van der Waals surface area contributed by atoms with Gasteiger partial charge in [0.2, 0.25) is 0 Å². The molecule has 0 unspecified atom stereocenters. The van der Waals surface area contributed by atoms with Crippen LogP contribution in [0.25, 0.3) is 0 Å². The molecule has 13 heavy (non-hydrogen) atoms. The lowest BCUT2D eigenvalue weighted by atomic mass is 10.2. The average Bonchev–Trinajstić information content (AvgIpc) is 2.19. The fraction of sp³-hybridized carbons (Fsp3) is 0.667. The Balaban J connectivity index is 3.99. The summed E-state index contributed by atoms with van der Waals surface area (Å²) in [6.45, 7) is 8.62. The highest BCUT2D eigenvalue weighted by molar-refractivity contribution is 5.00. The van der Waals surface area contributed by atoms with Crippen molar-refractivity contribution in [3.05, 3.63) is 23.7 Å². The second-order valence-electron chi connectivity index (χ2n) is 3.10. The third-order valence-electron chi connectivity index (χ3n) is 2.29. The number of hydrogen-bond acceptors (Lipinski definition) is 1. The lowest BCUT2D eigenvalue weighted by Crippen LogP contribution is -1.82. The minimum atomic E-state index is 1.08. The standard InChI is InChI=1S/C12H22O/c1-5-11(6-2)9-13-10-12(7-3)8-4/h9-10H,5-8H2,1-4H3. The van der Waals surface area contributed by atoms with Gasteiger partial charge in [-0.3, -0.25) is 0 Å². The zero-order valence-corrected chi connectivity index (χ0v) is 9.39. The van der Waals surface area contributed by atoms with Crippen molar-refractivity contribution in [2.75, 3.05) is 0 Å². The molecule has 0 atom stereocenters. The van der Waals surface area contributed by atoms with Crippen molar-refractivity contribution in [3.8, 4) is 0 Å². The molecular weight excluding hydrogens is 160 g/mol. The first-order valence-electron chi connectivity index (χ1n) is 5.29. The maximum atomic E-state index is 5.40. The van der Waals surface area contributed by atoms with Crippen LogP contribution in [0.4, 0.5) is 0 Å². The van der Waals surface area contributed by atoms with Crippen molar-refractivity contribution in [1.82, 2.24) is 0 Å². The molecule has 0 bridgehead atoms. The van der Waals surface area contributed by atoms with Gasteiger partial charge in [0.15, 0.2) is 0 Å². The second kappa shape index (κ2) is 7.90. The molecule has 0 spiro atoms. The van der Waals surface area contributed by atoms with Gasteiger partial charge in [-0.1, -0.05) is 27.7 Å². The van der Waals surface area contributed by atoms with E-state index in [1.807, 2.05) is 12.5 Å². The monoisotopic (exact) mass is 182 g/mol. The topological polar surface area (TPSA) is 9.23 Å². The molecule has 0 aromatic carbocycles. The van der Waals surface area contributed by atoms with Crippen LogP contribution in [-0.4, -0.2) is 0 Å². The van der Waals surface area contributed by atoms with Crippen LogP contribution in [0.5, 0.6) is 0 Å². The Bertz CT molecular complexity index is 146. The Morgan fingerprint density at radius 3 is 1.31 bits per heavy atom. The molecule has 0 aromatic heterocycles. The first-order valence-corrected chi connectivity index (χ1v) is 5.29. The van der Waals surface area contributed by atoms with Crippen molar-refractivity contribution in [2.24, 2.45) is 0 Å². The van der Waals surface area contributed by atoms with E-state index in [0.717, 1.165) is 25.7 Å². The van der Waals surface area contributed by atoms with Crippen LogP contribution in [0.1, 0.15) is 53.4 Å². The van der Waals surface area contributed by atoms with E-state index in [-0.39, 0.29) is 0 Å². The van der Waals surface area contributed by atoms with Crippen molar-refractivity contribution in [3.63, 3.8) is 0 Å². The summed E-state index contributed by atoms with van der Waals surface area (Å²) < 4.78 is 5.40. The second-order valence-corrected chi connectivity index (χ2v) is 3.10. The Labute approximate surface area is 82.5 Å². The number of hydrogen-bond donors (Lipinski definition) is 0.